The molecule has 0 amide bonds. The number of aryl methyl sites for hydroxylation is 1. The van der Waals surface area contributed by atoms with Gasteiger partial charge in [0.25, 0.3) is 0 Å². The van der Waals surface area contributed by atoms with Gasteiger partial charge in [-0.05, 0) is 159 Å². The Balaban J connectivity index is 1.06. The molecular weight excluding hydrogens is 633 g/mol. The molecule has 1 aliphatic heterocycles. The number of hydrogen-bond donors (Lipinski definition) is 2. The van der Waals surface area contributed by atoms with Crippen LogP contribution in [-0.4, -0.2) is 12.6 Å². The van der Waals surface area contributed by atoms with E-state index < -0.39 is 0 Å². The van der Waals surface area contributed by atoms with E-state index in [1.54, 1.807) is 44.6 Å². The van der Waals surface area contributed by atoms with E-state index in [4.69, 9.17) is 10.6 Å². The van der Waals surface area contributed by atoms with Gasteiger partial charge in [-0.15, -0.1) is 0 Å². The zero-order chi connectivity index (χ0) is 34.6. The molecular formula is C49H58N2O. The lowest BCUT2D eigenvalue weighted by molar-refractivity contribution is 0.0705. The fourth-order valence-electron chi connectivity index (χ4n) is 12.5. The van der Waals surface area contributed by atoms with Gasteiger partial charge in [-0.2, -0.15) is 0 Å². The largest absolute Gasteiger partial charge is 0.493 e. The fourth-order valence-corrected chi connectivity index (χ4v) is 12.5. The van der Waals surface area contributed by atoms with Gasteiger partial charge >= 0.3 is 0 Å². The zero-order valence-corrected chi connectivity index (χ0v) is 31.2. The Bertz CT molecular complexity index is 1900. The molecule has 2 aromatic carbocycles. The number of benzene rings is 2. The van der Waals surface area contributed by atoms with E-state index in [-0.39, 0.29) is 0 Å². The molecule has 52 heavy (non-hydrogen) atoms. The third-order valence-corrected chi connectivity index (χ3v) is 14.8. The second kappa shape index (κ2) is 14.1. The van der Waals surface area contributed by atoms with Crippen molar-refractivity contribution in [2.75, 3.05) is 6.54 Å². The van der Waals surface area contributed by atoms with Gasteiger partial charge in [-0.25, -0.2) is 0 Å². The number of hydrogen-bond acceptors (Lipinski definition) is 3. The minimum atomic E-state index is 0.416. The van der Waals surface area contributed by atoms with Gasteiger partial charge < -0.3 is 4.74 Å². The highest BCUT2D eigenvalue weighted by atomic mass is 16.5. The first-order chi connectivity index (χ1) is 25.7. The van der Waals surface area contributed by atoms with Crippen LogP contribution in [0.4, 0.5) is 0 Å². The molecule has 7 aliphatic carbocycles. The number of hydrazine groups is 1. The average Bonchev–Trinajstić information content (AvgIpc) is 3.59. The summed E-state index contributed by atoms with van der Waals surface area (Å²) in [5.74, 6) is 10.8. The number of nitrogens with two attached hydrogens (primary N) is 1. The van der Waals surface area contributed by atoms with Crippen molar-refractivity contribution < 1.29 is 4.74 Å². The summed E-state index contributed by atoms with van der Waals surface area (Å²) < 4.78 is 6.95. The van der Waals surface area contributed by atoms with Crippen molar-refractivity contribution in [3.05, 3.63) is 123 Å². The summed E-state index contributed by atoms with van der Waals surface area (Å²) in [4.78, 5) is 0. The number of ether oxygens (including phenoxy) is 1. The molecule has 2 fully saturated rings. The molecule has 0 spiro atoms. The molecule has 1 heterocycles. The summed E-state index contributed by atoms with van der Waals surface area (Å²) in [7, 11) is 0. The lowest BCUT2D eigenvalue weighted by Gasteiger charge is -2.47. The van der Waals surface area contributed by atoms with Crippen molar-refractivity contribution in [1.82, 2.24) is 5.43 Å². The van der Waals surface area contributed by atoms with E-state index in [1.165, 1.54) is 112 Å². The van der Waals surface area contributed by atoms with Crippen LogP contribution in [0.2, 0.25) is 0 Å². The van der Waals surface area contributed by atoms with Crippen molar-refractivity contribution in [3.8, 4) is 11.1 Å². The maximum atomic E-state index is 6.95. The van der Waals surface area contributed by atoms with Crippen molar-refractivity contribution in [1.29, 1.82) is 0 Å². The van der Waals surface area contributed by atoms with Crippen LogP contribution in [0, 0.1) is 35.5 Å². The van der Waals surface area contributed by atoms with E-state index in [0.717, 1.165) is 25.8 Å². The molecule has 3 heteroatoms. The maximum Gasteiger partial charge on any atom is 0.107 e. The SMILES string of the molecule is NNCC1CCCC(C2C3=C(C=CCC3)C(c3ccc(-c4cccc5c4CCCC5)cc3)=C3CCC(C4CC=CC5=C4OC4CCCCC54)=CC32)C1. The van der Waals surface area contributed by atoms with E-state index in [9.17, 15) is 0 Å². The molecule has 7 unspecified atom stereocenters. The second-order valence-electron chi connectivity index (χ2n) is 17.6. The standard InChI is InChI=1S/C49H58N2O/c50-51-30-31-10-7-13-36(28-31)48-42-17-4-3-16-41(42)47(34-24-22-33(23-25-34)38-18-8-12-32-11-1-2-14-37(32)38)43-27-26-35(29-45(43)48)39-19-9-20-44-40-15-5-6-21-46(40)52-49(39)44/h3,8-9,12,16,18,20,22-25,29,31,36,39-40,45-46,48,51H,1-2,4-7,10-11,13-15,17,19,21,26-28,30,50H2. The Morgan fingerprint density at radius 3 is 2.58 bits per heavy atom. The summed E-state index contributed by atoms with van der Waals surface area (Å²) in [6.07, 6.45) is 34.5. The van der Waals surface area contributed by atoms with Crippen molar-refractivity contribution in [2.45, 2.75) is 115 Å². The van der Waals surface area contributed by atoms with E-state index >= 15 is 0 Å². The van der Waals surface area contributed by atoms with Crippen molar-refractivity contribution in [2.24, 2.45) is 41.4 Å². The van der Waals surface area contributed by atoms with Crippen LogP contribution < -0.4 is 11.3 Å². The molecule has 0 aromatic heterocycles. The van der Waals surface area contributed by atoms with Crippen LogP contribution in [0.25, 0.3) is 16.7 Å². The molecule has 2 saturated carbocycles. The van der Waals surface area contributed by atoms with Gasteiger partial charge in [0.05, 0.1) is 0 Å². The summed E-state index contributed by atoms with van der Waals surface area (Å²) in [5, 5.41) is 0. The minimum Gasteiger partial charge on any atom is -0.493 e. The fraction of sp³-hybridized carbons (Fsp3) is 0.510. The molecule has 7 atom stereocenters. The molecule has 3 N–H and O–H groups in total. The van der Waals surface area contributed by atoms with Gasteiger partial charge in [-0.3, -0.25) is 11.3 Å². The van der Waals surface area contributed by atoms with Crippen LogP contribution >= 0.6 is 0 Å². The minimum absolute atomic E-state index is 0.416. The van der Waals surface area contributed by atoms with E-state index in [1.807, 2.05) is 0 Å². The Kier molecular flexibility index (Phi) is 9.00. The summed E-state index contributed by atoms with van der Waals surface area (Å²) in [6, 6.07) is 16.8. The highest BCUT2D eigenvalue weighted by molar-refractivity contribution is 5.88. The van der Waals surface area contributed by atoms with Crippen LogP contribution in [0.5, 0.6) is 0 Å². The molecule has 2 aromatic rings. The van der Waals surface area contributed by atoms with Gasteiger partial charge in [0, 0.05) is 24.3 Å². The topological polar surface area (TPSA) is 47.3 Å². The number of rotatable bonds is 6. The Morgan fingerprint density at radius 2 is 1.65 bits per heavy atom. The average molecular weight is 691 g/mol. The first-order valence-corrected chi connectivity index (χ1v) is 21.3. The monoisotopic (exact) mass is 690 g/mol. The lowest BCUT2D eigenvalue weighted by Crippen LogP contribution is -2.38. The first kappa shape index (κ1) is 33.2. The zero-order valence-electron chi connectivity index (χ0n) is 31.2. The summed E-state index contributed by atoms with van der Waals surface area (Å²) >= 11 is 0. The Labute approximate surface area is 312 Å². The van der Waals surface area contributed by atoms with Crippen molar-refractivity contribution >= 4 is 5.57 Å². The van der Waals surface area contributed by atoms with Gasteiger partial charge in [0.2, 0.25) is 0 Å². The van der Waals surface area contributed by atoms with Crippen LogP contribution in [0.1, 0.15) is 113 Å². The van der Waals surface area contributed by atoms with Crippen molar-refractivity contribution in [3.63, 3.8) is 0 Å². The molecule has 10 rings (SSSR count). The first-order valence-electron chi connectivity index (χ1n) is 21.3. The number of fused-ring (bicyclic) bond motifs is 4. The summed E-state index contributed by atoms with van der Waals surface area (Å²) in [6.45, 7) is 0.941. The third kappa shape index (κ3) is 5.77. The normalized spacial score (nSPS) is 32.4. The Morgan fingerprint density at radius 1 is 0.769 bits per heavy atom. The predicted octanol–water partition coefficient (Wildman–Crippen LogP) is 11.3. The van der Waals surface area contributed by atoms with Crippen LogP contribution in [-0.2, 0) is 17.6 Å². The van der Waals surface area contributed by atoms with Crippen LogP contribution in [0.15, 0.2) is 106 Å². The molecule has 0 bridgehead atoms. The molecule has 0 radical (unpaired) electrons. The van der Waals surface area contributed by atoms with Crippen LogP contribution in [0.3, 0.4) is 0 Å². The number of allylic oxidation sites excluding steroid dienone is 10. The maximum absolute atomic E-state index is 6.95. The smallest absolute Gasteiger partial charge is 0.107 e. The van der Waals surface area contributed by atoms with E-state index in [2.05, 4.69) is 78.3 Å². The van der Waals surface area contributed by atoms with Gasteiger partial charge in [0.15, 0.2) is 0 Å². The van der Waals surface area contributed by atoms with E-state index in [0.29, 0.717) is 41.6 Å². The third-order valence-electron chi connectivity index (χ3n) is 14.8. The highest BCUT2D eigenvalue weighted by Gasteiger charge is 2.46. The molecule has 270 valence electrons. The quantitative estimate of drug-likeness (QED) is 0.180. The predicted molar refractivity (Wildman–Crippen MR) is 214 cm³/mol. The highest BCUT2D eigenvalue weighted by Crippen LogP contribution is 2.57. The molecule has 8 aliphatic rings. The Hall–Kier alpha value is -3.40. The summed E-state index contributed by atoms with van der Waals surface area (Å²) in [5.41, 5.74) is 20.3. The number of nitrogens with one attached hydrogen (secondary N) is 1. The van der Waals surface area contributed by atoms with Gasteiger partial charge in [-0.1, -0.05) is 102 Å². The lowest BCUT2D eigenvalue weighted by atomic mass is 9.58. The second-order valence-corrected chi connectivity index (χ2v) is 17.6. The molecule has 0 saturated heterocycles. The van der Waals surface area contributed by atoms with Gasteiger partial charge in [0.1, 0.15) is 11.9 Å². The molecule has 3 nitrogen and oxygen atoms in total.